The molecule has 0 atom stereocenters. The Morgan fingerprint density at radius 1 is 1.19 bits per heavy atom. The van der Waals surface area contributed by atoms with Crippen molar-refractivity contribution in [3.63, 3.8) is 0 Å². The average Bonchev–Trinajstić information content (AvgIpc) is 3.06. The molecule has 1 aliphatic heterocycles. The number of carbonyl (C=O) groups is 1. The maximum Gasteiger partial charge on any atom is 0.223 e. The highest BCUT2D eigenvalue weighted by Crippen LogP contribution is 2.13. The average molecular weight is 388 g/mol. The maximum atomic E-state index is 12.5. The zero-order chi connectivity index (χ0) is 18.0. The molecule has 0 saturated carbocycles. The number of nitrogens with zero attached hydrogens (tertiary/aromatic N) is 3. The normalized spacial score (nSPS) is 16.1. The van der Waals surface area contributed by atoms with Gasteiger partial charge in [0, 0.05) is 49.9 Å². The molecule has 0 bridgehead atoms. The zero-order valence-electron chi connectivity index (χ0n) is 14.9. The lowest BCUT2D eigenvalue weighted by molar-refractivity contribution is -0.130. The standard InChI is InChI=1S/C20H25N3OS2/c24-20(8-15-25-14-7-18-5-2-1-3-6-18)23-11-4-10-22(12-13-23)17-19-21-9-16-26-19/h1-3,5-7,9,14,16H,4,8,10-13,15,17H2. The second kappa shape index (κ2) is 10.5. The summed E-state index contributed by atoms with van der Waals surface area (Å²) in [5.74, 6) is 1.11. The van der Waals surface area contributed by atoms with Gasteiger partial charge in [-0.15, -0.1) is 23.1 Å². The quantitative estimate of drug-likeness (QED) is 0.674. The van der Waals surface area contributed by atoms with Gasteiger partial charge >= 0.3 is 0 Å². The summed E-state index contributed by atoms with van der Waals surface area (Å²) in [6, 6.07) is 10.2. The number of amides is 1. The highest BCUT2D eigenvalue weighted by Gasteiger charge is 2.19. The van der Waals surface area contributed by atoms with Crippen molar-refractivity contribution in [2.75, 3.05) is 31.9 Å². The Labute approximate surface area is 163 Å². The van der Waals surface area contributed by atoms with Crippen LogP contribution in [0.25, 0.3) is 6.08 Å². The number of aromatic nitrogens is 1. The summed E-state index contributed by atoms with van der Waals surface area (Å²) in [6.45, 7) is 4.58. The van der Waals surface area contributed by atoms with Crippen molar-refractivity contribution in [1.82, 2.24) is 14.8 Å². The van der Waals surface area contributed by atoms with Gasteiger partial charge in [-0.05, 0) is 23.5 Å². The minimum atomic E-state index is 0.279. The maximum absolute atomic E-state index is 12.5. The Hall–Kier alpha value is -1.63. The fourth-order valence-electron chi connectivity index (χ4n) is 2.96. The molecule has 1 fully saturated rings. The molecule has 1 amide bonds. The fraction of sp³-hybridized carbons (Fsp3) is 0.400. The van der Waals surface area contributed by atoms with Crippen LogP contribution in [0.3, 0.4) is 0 Å². The van der Waals surface area contributed by atoms with Gasteiger partial charge in [-0.1, -0.05) is 30.3 Å². The number of thioether (sulfide) groups is 1. The topological polar surface area (TPSA) is 36.4 Å². The zero-order valence-corrected chi connectivity index (χ0v) is 16.6. The van der Waals surface area contributed by atoms with Crippen LogP contribution in [0.1, 0.15) is 23.4 Å². The van der Waals surface area contributed by atoms with E-state index in [1.165, 1.54) is 5.56 Å². The molecule has 4 nitrogen and oxygen atoms in total. The van der Waals surface area contributed by atoms with Crippen LogP contribution < -0.4 is 0 Å². The number of thiazole rings is 1. The van der Waals surface area contributed by atoms with Gasteiger partial charge < -0.3 is 4.90 Å². The van der Waals surface area contributed by atoms with Crippen molar-refractivity contribution in [1.29, 1.82) is 0 Å². The molecule has 6 heteroatoms. The van der Waals surface area contributed by atoms with Crippen LogP contribution in [-0.2, 0) is 11.3 Å². The molecule has 0 unspecified atom stereocenters. The monoisotopic (exact) mass is 387 g/mol. The predicted octanol–water partition coefficient (Wildman–Crippen LogP) is 3.97. The third-order valence-electron chi connectivity index (χ3n) is 4.37. The van der Waals surface area contributed by atoms with Crippen LogP contribution in [0.2, 0.25) is 0 Å². The van der Waals surface area contributed by atoms with Gasteiger partial charge in [0.1, 0.15) is 5.01 Å². The smallest absolute Gasteiger partial charge is 0.223 e. The molecule has 2 aromatic rings. The van der Waals surface area contributed by atoms with Gasteiger partial charge in [0.05, 0.1) is 6.54 Å². The number of hydrogen-bond acceptors (Lipinski definition) is 5. The molecule has 0 N–H and O–H groups in total. The minimum Gasteiger partial charge on any atom is -0.341 e. The summed E-state index contributed by atoms with van der Waals surface area (Å²) in [5, 5.41) is 5.26. The minimum absolute atomic E-state index is 0.279. The van der Waals surface area contributed by atoms with Crippen LogP contribution in [-0.4, -0.2) is 52.6 Å². The Kier molecular flexibility index (Phi) is 7.73. The van der Waals surface area contributed by atoms with Crippen molar-refractivity contribution in [2.45, 2.75) is 19.4 Å². The number of benzene rings is 1. The lowest BCUT2D eigenvalue weighted by atomic mass is 10.2. The van der Waals surface area contributed by atoms with E-state index in [0.717, 1.165) is 49.9 Å². The Morgan fingerprint density at radius 2 is 2.08 bits per heavy atom. The first-order valence-corrected chi connectivity index (χ1v) is 11.0. The van der Waals surface area contributed by atoms with Crippen molar-refractivity contribution >= 4 is 35.1 Å². The van der Waals surface area contributed by atoms with E-state index in [0.29, 0.717) is 6.42 Å². The Morgan fingerprint density at radius 3 is 2.88 bits per heavy atom. The SMILES string of the molecule is O=C(CCSC=Cc1ccccc1)N1CCCN(Cc2nccs2)CC1. The van der Waals surface area contributed by atoms with Crippen LogP contribution in [0, 0.1) is 0 Å². The summed E-state index contributed by atoms with van der Waals surface area (Å²) in [6.07, 6.45) is 5.60. The first-order valence-electron chi connectivity index (χ1n) is 9.03. The predicted molar refractivity (Wildman–Crippen MR) is 111 cm³/mol. The lowest BCUT2D eigenvalue weighted by Crippen LogP contribution is -2.35. The second-order valence-corrected chi connectivity index (χ2v) is 8.26. The first kappa shape index (κ1) is 19.1. The summed E-state index contributed by atoms with van der Waals surface area (Å²) in [5.41, 5.74) is 1.19. The molecular formula is C20H25N3OS2. The van der Waals surface area contributed by atoms with E-state index in [1.54, 1.807) is 23.1 Å². The van der Waals surface area contributed by atoms with Gasteiger partial charge in [-0.2, -0.15) is 0 Å². The molecular weight excluding hydrogens is 362 g/mol. The summed E-state index contributed by atoms with van der Waals surface area (Å²) < 4.78 is 0. The van der Waals surface area contributed by atoms with Crippen LogP contribution in [0.5, 0.6) is 0 Å². The van der Waals surface area contributed by atoms with Crippen LogP contribution >= 0.6 is 23.1 Å². The van der Waals surface area contributed by atoms with Crippen molar-refractivity contribution in [2.24, 2.45) is 0 Å². The molecule has 3 rings (SSSR count). The number of hydrogen-bond donors (Lipinski definition) is 0. The number of carbonyl (C=O) groups excluding carboxylic acids is 1. The molecule has 1 aliphatic rings. The van der Waals surface area contributed by atoms with Crippen LogP contribution in [0.4, 0.5) is 0 Å². The molecule has 0 aliphatic carbocycles. The van der Waals surface area contributed by atoms with Crippen LogP contribution in [0.15, 0.2) is 47.3 Å². The molecule has 138 valence electrons. The van der Waals surface area contributed by atoms with Gasteiger partial charge in [0.15, 0.2) is 0 Å². The molecule has 0 spiro atoms. The number of rotatable bonds is 7. The molecule has 1 saturated heterocycles. The third kappa shape index (κ3) is 6.27. The van der Waals surface area contributed by atoms with Gasteiger partial charge in [-0.3, -0.25) is 9.69 Å². The molecule has 26 heavy (non-hydrogen) atoms. The molecule has 2 heterocycles. The van der Waals surface area contributed by atoms with Crippen molar-refractivity contribution in [3.8, 4) is 0 Å². The fourth-order valence-corrected chi connectivity index (χ4v) is 4.30. The molecule has 0 radical (unpaired) electrons. The highest BCUT2D eigenvalue weighted by molar-refractivity contribution is 8.02. The first-order chi connectivity index (χ1) is 12.8. The van der Waals surface area contributed by atoms with Crippen molar-refractivity contribution < 1.29 is 4.79 Å². The Bertz CT molecular complexity index is 688. The molecule has 1 aromatic heterocycles. The molecule has 1 aromatic carbocycles. The van der Waals surface area contributed by atoms with Crippen molar-refractivity contribution in [3.05, 3.63) is 57.9 Å². The second-order valence-electron chi connectivity index (χ2n) is 6.27. The lowest BCUT2D eigenvalue weighted by Gasteiger charge is -2.21. The summed E-state index contributed by atoms with van der Waals surface area (Å²) in [7, 11) is 0. The third-order valence-corrected chi connectivity index (χ3v) is 5.91. The van der Waals surface area contributed by atoms with E-state index in [2.05, 4.69) is 33.5 Å². The Balaban J connectivity index is 1.36. The largest absolute Gasteiger partial charge is 0.341 e. The highest BCUT2D eigenvalue weighted by atomic mass is 32.2. The van der Waals surface area contributed by atoms with E-state index in [-0.39, 0.29) is 5.91 Å². The van der Waals surface area contributed by atoms with E-state index in [9.17, 15) is 4.79 Å². The van der Waals surface area contributed by atoms with Gasteiger partial charge in [-0.25, -0.2) is 4.98 Å². The van der Waals surface area contributed by atoms with E-state index >= 15 is 0 Å². The summed E-state index contributed by atoms with van der Waals surface area (Å²) in [4.78, 5) is 21.3. The van der Waals surface area contributed by atoms with E-state index < -0.39 is 0 Å². The van der Waals surface area contributed by atoms with Gasteiger partial charge in [0.2, 0.25) is 5.91 Å². The van der Waals surface area contributed by atoms with Gasteiger partial charge in [0.25, 0.3) is 0 Å². The summed E-state index contributed by atoms with van der Waals surface area (Å²) >= 11 is 3.41. The van der Waals surface area contributed by atoms with E-state index in [1.807, 2.05) is 34.7 Å². The van der Waals surface area contributed by atoms with E-state index in [4.69, 9.17) is 0 Å².